The standard InChI is InChI=1S/C7H8.2C3H8/c1-7-5-3-2-4-6-7;2*1-3-2/h2-6H,1H3;2*3H2,1-2H3. The molecule has 1 rings (SSSR count). The molecule has 0 N–H and O–H groups in total. The molecule has 76 valence electrons. The average Bonchev–Trinajstić information content (AvgIpc) is 2.08. The van der Waals surface area contributed by atoms with Crippen LogP contribution in [0.15, 0.2) is 30.3 Å². The lowest BCUT2D eigenvalue weighted by atomic mass is 10.2. The molecule has 0 aromatic heterocycles. The third-order valence-electron chi connectivity index (χ3n) is 0.940. The van der Waals surface area contributed by atoms with Gasteiger partial charge in [0, 0.05) is 0 Å². The minimum absolute atomic E-state index is 1.25. The first-order valence-electron chi connectivity index (χ1n) is 5.24. The van der Waals surface area contributed by atoms with Gasteiger partial charge in [0.15, 0.2) is 0 Å². The molecule has 0 radical (unpaired) electrons. The zero-order chi connectivity index (χ0) is 10.5. The van der Waals surface area contributed by atoms with Gasteiger partial charge in [-0.25, -0.2) is 0 Å². The summed E-state index contributed by atoms with van der Waals surface area (Å²) < 4.78 is 0. The fraction of sp³-hybridized carbons (Fsp3) is 0.538. The van der Waals surface area contributed by atoms with Crippen molar-refractivity contribution in [3.63, 3.8) is 0 Å². The van der Waals surface area contributed by atoms with Crippen molar-refractivity contribution in [3.05, 3.63) is 35.9 Å². The molecule has 0 aliphatic heterocycles. The lowest BCUT2D eigenvalue weighted by Crippen LogP contribution is -1.62. The van der Waals surface area contributed by atoms with Gasteiger partial charge in [-0.2, -0.15) is 0 Å². The van der Waals surface area contributed by atoms with Gasteiger partial charge in [-0.15, -0.1) is 0 Å². The van der Waals surface area contributed by atoms with Gasteiger partial charge in [-0.3, -0.25) is 0 Å². The van der Waals surface area contributed by atoms with Gasteiger partial charge < -0.3 is 0 Å². The molecule has 0 nitrogen and oxygen atoms in total. The van der Waals surface area contributed by atoms with E-state index >= 15 is 0 Å². The van der Waals surface area contributed by atoms with E-state index in [1.165, 1.54) is 18.4 Å². The molecule has 0 aliphatic carbocycles. The Balaban J connectivity index is 0. The van der Waals surface area contributed by atoms with E-state index in [4.69, 9.17) is 0 Å². The molecular formula is C13H24. The lowest BCUT2D eigenvalue weighted by Gasteiger charge is -1.82. The van der Waals surface area contributed by atoms with Crippen LogP contribution in [0.2, 0.25) is 0 Å². The highest BCUT2D eigenvalue weighted by atomic mass is 13.8. The predicted molar refractivity (Wildman–Crippen MR) is 63.1 cm³/mol. The molecule has 1 aromatic carbocycles. The van der Waals surface area contributed by atoms with Crippen LogP contribution in [0, 0.1) is 6.92 Å². The van der Waals surface area contributed by atoms with E-state index in [-0.39, 0.29) is 0 Å². The molecular weight excluding hydrogens is 156 g/mol. The summed E-state index contributed by atoms with van der Waals surface area (Å²) in [5.41, 5.74) is 1.32. The van der Waals surface area contributed by atoms with Crippen LogP contribution in [0.25, 0.3) is 0 Å². The second-order valence-corrected chi connectivity index (χ2v) is 3.07. The summed E-state index contributed by atoms with van der Waals surface area (Å²) >= 11 is 0. The summed E-state index contributed by atoms with van der Waals surface area (Å²) in [6.07, 6.45) is 2.50. The van der Waals surface area contributed by atoms with Gasteiger partial charge in [0.25, 0.3) is 0 Å². The largest absolute Gasteiger partial charge is 0.0656 e. The molecule has 0 saturated heterocycles. The monoisotopic (exact) mass is 180 g/mol. The topological polar surface area (TPSA) is 0 Å². The van der Waals surface area contributed by atoms with E-state index < -0.39 is 0 Å². The maximum absolute atomic E-state index is 2.12. The number of rotatable bonds is 0. The zero-order valence-electron chi connectivity index (χ0n) is 9.80. The molecule has 0 amide bonds. The minimum Gasteiger partial charge on any atom is -0.0656 e. The summed E-state index contributed by atoms with van der Waals surface area (Å²) in [6.45, 7) is 10.6. The highest BCUT2D eigenvalue weighted by Gasteiger charge is 1.72. The van der Waals surface area contributed by atoms with Crippen LogP contribution in [0.3, 0.4) is 0 Å². The van der Waals surface area contributed by atoms with Gasteiger partial charge >= 0.3 is 0 Å². The Morgan fingerprint density at radius 2 is 1.08 bits per heavy atom. The van der Waals surface area contributed by atoms with Gasteiger partial charge in [0.1, 0.15) is 0 Å². The van der Waals surface area contributed by atoms with Crippen molar-refractivity contribution >= 4 is 0 Å². The van der Waals surface area contributed by atoms with Crippen molar-refractivity contribution < 1.29 is 0 Å². The highest BCUT2D eigenvalue weighted by molar-refractivity contribution is 5.11. The normalized spacial score (nSPS) is 7.46. The van der Waals surface area contributed by atoms with Gasteiger partial charge in [0.05, 0.1) is 0 Å². The molecule has 0 spiro atoms. The van der Waals surface area contributed by atoms with Crippen molar-refractivity contribution in [2.45, 2.75) is 47.5 Å². The SMILES string of the molecule is CCC.CCC.Cc1ccccc1. The molecule has 0 saturated carbocycles. The minimum atomic E-state index is 1.25. The number of aryl methyl sites for hydroxylation is 1. The fourth-order valence-corrected chi connectivity index (χ4v) is 0.534. The van der Waals surface area contributed by atoms with Crippen molar-refractivity contribution in [1.29, 1.82) is 0 Å². The summed E-state index contributed by atoms with van der Waals surface area (Å²) in [6, 6.07) is 10.3. The molecule has 0 fully saturated rings. The molecule has 0 atom stereocenters. The fourth-order valence-electron chi connectivity index (χ4n) is 0.534. The van der Waals surface area contributed by atoms with Gasteiger partial charge in [-0.05, 0) is 6.92 Å². The van der Waals surface area contributed by atoms with E-state index in [0.717, 1.165) is 0 Å². The second kappa shape index (κ2) is 13.8. The van der Waals surface area contributed by atoms with Crippen molar-refractivity contribution in [2.24, 2.45) is 0 Å². The van der Waals surface area contributed by atoms with E-state index in [1.54, 1.807) is 0 Å². The highest BCUT2D eigenvalue weighted by Crippen LogP contribution is 1.92. The van der Waals surface area contributed by atoms with E-state index in [2.05, 4.69) is 46.8 Å². The van der Waals surface area contributed by atoms with E-state index in [0.29, 0.717) is 0 Å². The molecule has 0 heteroatoms. The van der Waals surface area contributed by atoms with E-state index in [9.17, 15) is 0 Å². The Kier molecular flexibility index (Phi) is 15.6. The first-order chi connectivity index (χ1) is 6.22. The lowest BCUT2D eigenvalue weighted by molar-refractivity contribution is 1.09. The predicted octanol–water partition coefficient (Wildman–Crippen LogP) is 4.83. The Bertz CT molecular complexity index is 151. The summed E-state index contributed by atoms with van der Waals surface area (Å²) in [5.74, 6) is 0. The smallest absolute Gasteiger partial charge is 0.0398 e. The molecule has 0 heterocycles. The quantitative estimate of drug-likeness (QED) is 0.536. The van der Waals surface area contributed by atoms with E-state index in [1.807, 2.05) is 18.2 Å². The maximum atomic E-state index is 2.12. The van der Waals surface area contributed by atoms with Crippen LogP contribution < -0.4 is 0 Å². The Hall–Kier alpha value is -0.780. The Labute approximate surface area is 84.0 Å². The van der Waals surface area contributed by atoms with Crippen molar-refractivity contribution in [3.8, 4) is 0 Å². The summed E-state index contributed by atoms with van der Waals surface area (Å²) in [7, 11) is 0. The third-order valence-corrected chi connectivity index (χ3v) is 0.940. The molecule has 0 bridgehead atoms. The first kappa shape index (κ1) is 14.7. The third kappa shape index (κ3) is 18.3. The number of benzene rings is 1. The molecule has 0 unspecified atom stereocenters. The average molecular weight is 180 g/mol. The molecule has 13 heavy (non-hydrogen) atoms. The van der Waals surface area contributed by atoms with Gasteiger partial charge in [0.2, 0.25) is 0 Å². The van der Waals surface area contributed by atoms with Crippen molar-refractivity contribution in [2.75, 3.05) is 0 Å². The van der Waals surface area contributed by atoms with Crippen molar-refractivity contribution in [1.82, 2.24) is 0 Å². The second-order valence-electron chi connectivity index (χ2n) is 3.07. The van der Waals surface area contributed by atoms with Crippen LogP contribution in [0.5, 0.6) is 0 Å². The summed E-state index contributed by atoms with van der Waals surface area (Å²) in [5, 5.41) is 0. The molecule has 1 aromatic rings. The summed E-state index contributed by atoms with van der Waals surface area (Å²) in [4.78, 5) is 0. The molecule has 0 aliphatic rings. The zero-order valence-corrected chi connectivity index (χ0v) is 9.80. The van der Waals surface area contributed by atoms with Crippen LogP contribution in [0.1, 0.15) is 46.1 Å². The Morgan fingerprint density at radius 1 is 0.769 bits per heavy atom. The van der Waals surface area contributed by atoms with Crippen LogP contribution >= 0.6 is 0 Å². The van der Waals surface area contributed by atoms with Crippen LogP contribution in [0.4, 0.5) is 0 Å². The first-order valence-corrected chi connectivity index (χ1v) is 5.24. The van der Waals surface area contributed by atoms with Crippen LogP contribution in [-0.2, 0) is 0 Å². The van der Waals surface area contributed by atoms with Gasteiger partial charge in [-0.1, -0.05) is 76.4 Å². The van der Waals surface area contributed by atoms with Crippen LogP contribution in [-0.4, -0.2) is 0 Å². The number of hydrogen-bond acceptors (Lipinski definition) is 0. The number of hydrogen-bond donors (Lipinski definition) is 0. The Morgan fingerprint density at radius 3 is 1.23 bits per heavy atom. The maximum Gasteiger partial charge on any atom is -0.0398 e.